The van der Waals surface area contributed by atoms with Crippen molar-refractivity contribution in [2.45, 2.75) is 38.8 Å². The summed E-state index contributed by atoms with van der Waals surface area (Å²) in [5.74, 6) is -1.97. The summed E-state index contributed by atoms with van der Waals surface area (Å²) in [5.41, 5.74) is 1.20. The van der Waals surface area contributed by atoms with Crippen molar-refractivity contribution < 1.29 is 34.1 Å². The molecule has 0 aromatic heterocycles. The highest BCUT2D eigenvalue weighted by Crippen LogP contribution is 2.33. The minimum atomic E-state index is -1.26. The molecule has 1 amide bonds. The molecule has 9 heteroatoms. The van der Waals surface area contributed by atoms with Gasteiger partial charge in [0.1, 0.15) is 6.61 Å². The van der Waals surface area contributed by atoms with Gasteiger partial charge in [-0.3, -0.25) is 9.80 Å². The van der Waals surface area contributed by atoms with Gasteiger partial charge < -0.3 is 19.7 Å². The Balaban J connectivity index is 0.000000414. The van der Waals surface area contributed by atoms with Crippen LogP contribution in [0.15, 0.2) is 42.5 Å². The molecule has 2 heterocycles. The number of amides is 1. The fourth-order valence-electron chi connectivity index (χ4n) is 3.99. The lowest BCUT2D eigenvalue weighted by Crippen LogP contribution is -2.41. The predicted molar refractivity (Wildman–Crippen MR) is 122 cm³/mol. The van der Waals surface area contributed by atoms with E-state index in [9.17, 15) is 14.4 Å². The van der Waals surface area contributed by atoms with Crippen molar-refractivity contribution in [2.75, 3.05) is 39.5 Å². The topological polar surface area (TPSA) is 117 Å². The molecule has 0 bridgehead atoms. The zero-order chi connectivity index (χ0) is 24.2. The van der Waals surface area contributed by atoms with Gasteiger partial charge in [0.05, 0.1) is 25.3 Å². The summed E-state index contributed by atoms with van der Waals surface area (Å²) >= 11 is 0. The quantitative estimate of drug-likeness (QED) is 0.538. The summed E-state index contributed by atoms with van der Waals surface area (Å²) in [6.07, 6.45) is 2.85. The van der Waals surface area contributed by atoms with E-state index in [1.54, 1.807) is 0 Å². The number of carbonyl (C=O) groups excluding carboxylic acids is 1. The maximum Gasteiger partial charge on any atom is 0.410 e. The molecule has 2 aliphatic rings. The van der Waals surface area contributed by atoms with Crippen LogP contribution in [-0.2, 0) is 19.1 Å². The van der Waals surface area contributed by atoms with Gasteiger partial charge in [0, 0.05) is 31.8 Å². The van der Waals surface area contributed by atoms with Crippen LogP contribution in [0, 0.1) is 5.92 Å². The predicted octanol–water partition coefficient (Wildman–Crippen LogP) is 3.03. The van der Waals surface area contributed by atoms with E-state index in [4.69, 9.17) is 19.7 Å². The van der Waals surface area contributed by atoms with Crippen LogP contribution in [0.25, 0.3) is 0 Å². The van der Waals surface area contributed by atoms with Gasteiger partial charge in [0.25, 0.3) is 0 Å². The summed E-state index contributed by atoms with van der Waals surface area (Å²) < 4.78 is 10.9. The Morgan fingerprint density at radius 2 is 1.70 bits per heavy atom. The molecule has 1 aromatic carbocycles. The van der Waals surface area contributed by atoms with Crippen molar-refractivity contribution >= 4 is 18.0 Å². The third-order valence-electron chi connectivity index (χ3n) is 5.46. The molecule has 3 rings (SSSR count). The van der Waals surface area contributed by atoms with E-state index in [0.29, 0.717) is 24.7 Å². The van der Waals surface area contributed by atoms with E-state index in [1.165, 1.54) is 5.56 Å². The maximum atomic E-state index is 12.5. The van der Waals surface area contributed by atoms with Crippen LogP contribution in [0.2, 0.25) is 0 Å². The molecule has 182 valence electrons. The number of cyclic esters (lactones) is 1. The number of aliphatic carboxylic acids is 2. The normalized spacial score (nSPS) is 19.8. The number of carboxylic acid groups (broad SMARTS) is 2. The molecule has 0 saturated carbocycles. The van der Waals surface area contributed by atoms with Gasteiger partial charge in [-0.25, -0.2) is 14.4 Å². The van der Waals surface area contributed by atoms with Crippen LogP contribution >= 0.6 is 0 Å². The number of rotatable bonds is 9. The monoisotopic (exact) mass is 462 g/mol. The van der Waals surface area contributed by atoms with E-state index in [-0.39, 0.29) is 18.2 Å². The number of hydrogen-bond donors (Lipinski definition) is 2. The SMILES string of the molecule is CC(C)CC1COC(=O)N1C(CCN1CCOCC1)c1ccccc1.O=C(O)C=CC(=O)O. The zero-order valence-corrected chi connectivity index (χ0v) is 19.3. The standard InChI is InChI=1S/C20H30N2O3.C4H4O4/c1-16(2)14-18-15-25-20(23)22(18)19(17-6-4-3-5-7-17)8-9-21-10-12-24-13-11-21;5-3(6)1-2-4(7)8/h3-7,16,18-19H,8-15H2,1-2H3;1-2H,(H,5,6)(H,7,8). The molecule has 9 nitrogen and oxygen atoms in total. The highest BCUT2D eigenvalue weighted by Gasteiger charge is 2.39. The Kier molecular flexibility index (Phi) is 10.9. The molecule has 0 spiro atoms. The van der Waals surface area contributed by atoms with Crippen LogP contribution in [0.1, 0.15) is 38.3 Å². The molecular weight excluding hydrogens is 428 g/mol. The van der Waals surface area contributed by atoms with Gasteiger partial charge >= 0.3 is 18.0 Å². The fraction of sp³-hybridized carbons (Fsp3) is 0.542. The minimum absolute atomic E-state index is 0.0720. The number of morpholine rings is 1. The smallest absolute Gasteiger partial charge is 0.410 e. The first kappa shape index (κ1) is 26.3. The number of ether oxygens (including phenoxy) is 2. The lowest BCUT2D eigenvalue weighted by atomic mass is 9.97. The van der Waals surface area contributed by atoms with Gasteiger partial charge in [0.15, 0.2) is 0 Å². The molecule has 2 atom stereocenters. The van der Waals surface area contributed by atoms with E-state index in [1.807, 2.05) is 11.0 Å². The van der Waals surface area contributed by atoms with Crippen LogP contribution in [0.5, 0.6) is 0 Å². The van der Waals surface area contributed by atoms with Crippen molar-refractivity contribution in [3.8, 4) is 0 Å². The Labute approximate surface area is 194 Å². The molecule has 2 aliphatic heterocycles. The highest BCUT2D eigenvalue weighted by molar-refractivity contribution is 5.89. The Hall–Kier alpha value is -2.91. The van der Waals surface area contributed by atoms with E-state index < -0.39 is 11.9 Å². The lowest BCUT2D eigenvalue weighted by molar-refractivity contribution is -0.134. The second-order valence-corrected chi connectivity index (χ2v) is 8.45. The van der Waals surface area contributed by atoms with E-state index in [2.05, 4.69) is 43.0 Å². The molecular formula is C24H34N2O7. The van der Waals surface area contributed by atoms with Crippen molar-refractivity contribution in [2.24, 2.45) is 5.92 Å². The van der Waals surface area contributed by atoms with Gasteiger partial charge in [-0.2, -0.15) is 0 Å². The number of carboxylic acids is 2. The van der Waals surface area contributed by atoms with Crippen molar-refractivity contribution in [1.29, 1.82) is 0 Å². The average molecular weight is 463 g/mol. The molecule has 0 aliphatic carbocycles. The Morgan fingerprint density at radius 3 is 2.24 bits per heavy atom. The Bertz CT molecular complexity index is 775. The minimum Gasteiger partial charge on any atom is -0.478 e. The van der Waals surface area contributed by atoms with Crippen LogP contribution in [-0.4, -0.2) is 83.5 Å². The second kappa shape index (κ2) is 13.6. The zero-order valence-electron chi connectivity index (χ0n) is 19.3. The van der Waals surface area contributed by atoms with Crippen LogP contribution < -0.4 is 0 Å². The van der Waals surface area contributed by atoms with Crippen LogP contribution in [0.4, 0.5) is 4.79 Å². The van der Waals surface area contributed by atoms with Crippen molar-refractivity contribution in [1.82, 2.24) is 9.80 Å². The molecule has 2 unspecified atom stereocenters. The first-order chi connectivity index (χ1) is 15.8. The molecule has 2 N–H and O–H groups in total. The summed E-state index contributed by atoms with van der Waals surface area (Å²) in [4.78, 5) is 36.0. The number of nitrogens with zero attached hydrogens (tertiary/aromatic N) is 2. The largest absolute Gasteiger partial charge is 0.478 e. The van der Waals surface area contributed by atoms with E-state index in [0.717, 1.165) is 45.7 Å². The molecule has 1 aromatic rings. The van der Waals surface area contributed by atoms with Gasteiger partial charge in [-0.05, 0) is 24.3 Å². The van der Waals surface area contributed by atoms with E-state index >= 15 is 0 Å². The first-order valence-corrected chi connectivity index (χ1v) is 11.2. The summed E-state index contributed by atoms with van der Waals surface area (Å²) in [6.45, 7) is 9.44. The number of benzene rings is 1. The van der Waals surface area contributed by atoms with Gasteiger partial charge in [0.2, 0.25) is 0 Å². The second-order valence-electron chi connectivity index (χ2n) is 8.45. The average Bonchev–Trinajstić information content (AvgIpc) is 3.14. The number of hydrogen-bond acceptors (Lipinski definition) is 6. The van der Waals surface area contributed by atoms with Crippen molar-refractivity contribution in [3.63, 3.8) is 0 Å². The summed E-state index contributed by atoms with van der Waals surface area (Å²) in [6, 6.07) is 10.6. The van der Waals surface area contributed by atoms with Crippen LogP contribution in [0.3, 0.4) is 0 Å². The molecule has 0 radical (unpaired) electrons. The summed E-state index contributed by atoms with van der Waals surface area (Å²) in [5, 5.41) is 15.6. The third-order valence-corrected chi connectivity index (χ3v) is 5.46. The first-order valence-electron chi connectivity index (χ1n) is 11.2. The maximum absolute atomic E-state index is 12.5. The molecule has 2 saturated heterocycles. The third kappa shape index (κ3) is 9.23. The number of carbonyl (C=O) groups is 3. The summed E-state index contributed by atoms with van der Waals surface area (Å²) in [7, 11) is 0. The van der Waals surface area contributed by atoms with Crippen molar-refractivity contribution in [3.05, 3.63) is 48.0 Å². The fourth-order valence-corrected chi connectivity index (χ4v) is 3.99. The molecule has 2 fully saturated rings. The van der Waals surface area contributed by atoms with Gasteiger partial charge in [-0.1, -0.05) is 44.2 Å². The Morgan fingerprint density at radius 1 is 1.09 bits per heavy atom. The lowest BCUT2D eigenvalue weighted by Gasteiger charge is -2.34. The molecule has 33 heavy (non-hydrogen) atoms. The highest BCUT2D eigenvalue weighted by atomic mass is 16.6. The van der Waals surface area contributed by atoms with Gasteiger partial charge in [-0.15, -0.1) is 0 Å².